The van der Waals surface area contributed by atoms with Crippen LogP contribution in [0.15, 0.2) is 42.5 Å². The molecule has 2 aromatic rings. The number of nitrogens with one attached hydrogen (secondary N) is 2. The van der Waals surface area contributed by atoms with E-state index in [1.54, 1.807) is 6.07 Å². The lowest BCUT2D eigenvalue weighted by atomic mass is 10.1. The van der Waals surface area contributed by atoms with Crippen molar-refractivity contribution in [3.05, 3.63) is 71.0 Å². The Morgan fingerprint density at radius 3 is 2.44 bits per heavy atom. The van der Waals surface area contributed by atoms with Crippen LogP contribution in [0.25, 0.3) is 0 Å². The zero-order chi connectivity index (χ0) is 19.8. The molecule has 8 heteroatoms. The van der Waals surface area contributed by atoms with Gasteiger partial charge in [0.05, 0.1) is 11.7 Å². The van der Waals surface area contributed by atoms with Crippen molar-refractivity contribution in [1.29, 1.82) is 0 Å². The Morgan fingerprint density at radius 2 is 1.74 bits per heavy atom. The van der Waals surface area contributed by atoms with E-state index in [1.165, 1.54) is 18.2 Å². The summed E-state index contributed by atoms with van der Waals surface area (Å²) in [5.41, 5.74) is 0.0722. The van der Waals surface area contributed by atoms with E-state index in [4.69, 9.17) is 0 Å². The molecule has 2 rings (SSSR count). The van der Waals surface area contributed by atoms with Crippen molar-refractivity contribution in [3.8, 4) is 0 Å². The number of carbonyl (C=O) groups excluding carboxylic acids is 2. The smallest absolute Gasteiger partial charge is 0.254 e. The summed E-state index contributed by atoms with van der Waals surface area (Å²) in [6.45, 7) is 0.0466. The van der Waals surface area contributed by atoms with Crippen LogP contribution in [0.3, 0.4) is 0 Å². The van der Waals surface area contributed by atoms with E-state index in [0.717, 1.165) is 12.1 Å². The lowest BCUT2D eigenvalue weighted by molar-refractivity contribution is -0.121. The molecule has 0 fully saturated rings. The standard InChI is InChI=1S/C19H19F3N2O3/c20-13-4-1-3-12(9-13)17(25)11-24-18(26)5-2-8-23-19(27)15-7-6-14(21)10-16(15)22/h1,3-4,6-7,9-10,17,25H,2,5,8,11H2,(H,23,27)(H,24,26). The molecule has 3 N–H and O–H groups in total. The van der Waals surface area contributed by atoms with Gasteiger partial charge in [-0.25, -0.2) is 13.2 Å². The van der Waals surface area contributed by atoms with Crippen LogP contribution in [0.5, 0.6) is 0 Å². The summed E-state index contributed by atoms with van der Waals surface area (Å²) < 4.78 is 39.4. The van der Waals surface area contributed by atoms with E-state index < -0.39 is 29.5 Å². The number of aliphatic hydroxyl groups excluding tert-OH is 1. The molecule has 0 aliphatic rings. The summed E-state index contributed by atoms with van der Waals surface area (Å²) in [4.78, 5) is 23.5. The molecule has 0 saturated heterocycles. The van der Waals surface area contributed by atoms with E-state index in [9.17, 15) is 27.9 Å². The van der Waals surface area contributed by atoms with Crippen LogP contribution in [0.1, 0.15) is 34.9 Å². The molecule has 1 unspecified atom stereocenters. The Hall–Kier alpha value is -2.87. The fourth-order valence-corrected chi connectivity index (χ4v) is 2.35. The van der Waals surface area contributed by atoms with Crippen LogP contribution in [-0.4, -0.2) is 30.0 Å². The lowest BCUT2D eigenvalue weighted by Crippen LogP contribution is -2.30. The predicted octanol–water partition coefficient (Wildman–Crippen LogP) is 2.46. The van der Waals surface area contributed by atoms with Crippen LogP contribution in [-0.2, 0) is 4.79 Å². The van der Waals surface area contributed by atoms with Crippen molar-refractivity contribution < 1.29 is 27.9 Å². The SMILES string of the molecule is O=C(CCCNC(=O)c1ccc(F)cc1F)NCC(O)c1cccc(F)c1. The molecule has 0 bridgehead atoms. The minimum atomic E-state index is -1.04. The van der Waals surface area contributed by atoms with E-state index in [1.807, 2.05) is 0 Å². The van der Waals surface area contributed by atoms with Crippen molar-refractivity contribution in [3.63, 3.8) is 0 Å². The predicted molar refractivity (Wildman–Crippen MR) is 92.3 cm³/mol. The average molecular weight is 380 g/mol. The van der Waals surface area contributed by atoms with Crippen molar-refractivity contribution in [2.45, 2.75) is 18.9 Å². The molecule has 5 nitrogen and oxygen atoms in total. The van der Waals surface area contributed by atoms with E-state index in [-0.39, 0.29) is 37.4 Å². The molecule has 27 heavy (non-hydrogen) atoms. The molecular weight excluding hydrogens is 361 g/mol. The molecular formula is C19H19F3N2O3. The van der Waals surface area contributed by atoms with Gasteiger partial charge in [-0.15, -0.1) is 0 Å². The maximum atomic E-state index is 13.5. The highest BCUT2D eigenvalue weighted by Crippen LogP contribution is 2.13. The van der Waals surface area contributed by atoms with Crippen molar-refractivity contribution in [2.75, 3.05) is 13.1 Å². The normalized spacial score (nSPS) is 11.7. The van der Waals surface area contributed by atoms with Gasteiger partial charge in [0.15, 0.2) is 0 Å². The van der Waals surface area contributed by atoms with Gasteiger partial charge in [0.1, 0.15) is 17.5 Å². The summed E-state index contributed by atoms with van der Waals surface area (Å²) >= 11 is 0. The minimum absolute atomic E-state index is 0.0715. The monoisotopic (exact) mass is 380 g/mol. The molecule has 0 aliphatic carbocycles. The molecule has 0 radical (unpaired) electrons. The first kappa shape index (κ1) is 20.4. The number of amides is 2. The second kappa shape index (κ2) is 9.72. The quantitative estimate of drug-likeness (QED) is 0.616. The van der Waals surface area contributed by atoms with Crippen molar-refractivity contribution in [1.82, 2.24) is 10.6 Å². The Bertz CT molecular complexity index is 815. The van der Waals surface area contributed by atoms with Gasteiger partial charge in [0.2, 0.25) is 5.91 Å². The number of carbonyl (C=O) groups is 2. The summed E-state index contributed by atoms with van der Waals surface area (Å²) in [6.07, 6.45) is -0.677. The number of aliphatic hydroxyl groups is 1. The summed E-state index contributed by atoms with van der Waals surface area (Å²) in [5, 5.41) is 14.9. The Morgan fingerprint density at radius 1 is 1.00 bits per heavy atom. The zero-order valence-corrected chi connectivity index (χ0v) is 14.3. The molecule has 2 amide bonds. The summed E-state index contributed by atoms with van der Waals surface area (Å²) in [5.74, 6) is -3.27. The molecule has 2 aromatic carbocycles. The van der Waals surface area contributed by atoms with Crippen LogP contribution < -0.4 is 10.6 Å². The Labute approximate surface area is 154 Å². The number of hydrogen-bond donors (Lipinski definition) is 3. The summed E-state index contributed by atoms with van der Waals surface area (Å²) in [7, 11) is 0. The number of hydrogen-bond acceptors (Lipinski definition) is 3. The van der Waals surface area contributed by atoms with Gasteiger partial charge in [-0.1, -0.05) is 12.1 Å². The topological polar surface area (TPSA) is 78.4 Å². The number of halogens is 3. The highest BCUT2D eigenvalue weighted by Gasteiger charge is 2.13. The van der Waals surface area contributed by atoms with Crippen LogP contribution in [0.4, 0.5) is 13.2 Å². The van der Waals surface area contributed by atoms with E-state index >= 15 is 0 Å². The zero-order valence-electron chi connectivity index (χ0n) is 14.3. The molecule has 0 aliphatic heterocycles. The van der Waals surface area contributed by atoms with E-state index in [2.05, 4.69) is 10.6 Å². The van der Waals surface area contributed by atoms with Crippen molar-refractivity contribution >= 4 is 11.8 Å². The number of rotatable bonds is 8. The second-order valence-corrected chi connectivity index (χ2v) is 5.86. The minimum Gasteiger partial charge on any atom is -0.387 e. The van der Waals surface area contributed by atoms with Gasteiger partial charge in [0.25, 0.3) is 5.91 Å². The third-order valence-corrected chi connectivity index (χ3v) is 3.77. The lowest BCUT2D eigenvalue weighted by Gasteiger charge is -2.12. The van der Waals surface area contributed by atoms with Gasteiger partial charge in [-0.2, -0.15) is 0 Å². The molecule has 144 valence electrons. The maximum absolute atomic E-state index is 13.5. The molecule has 0 spiro atoms. The summed E-state index contributed by atoms with van der Waals surface area (Å²) in [6, 6.07) is 8.08. The van der Waals surface area contributed by atoms with Gasteiger partial charge in [-0.3, -0.25) is 9.59 Å². The van der Waals surface area contributed by atoms with Gasteiger partial charge >= 0.3 is 0 Å². The van der Waals surface area contributed by atoms with Crippen LogP contribution >= 0.6 is 0 Å². The largest absolute Gasteiger partial charge is 0.387 e. The van der Waals surface area contributed by atoms with E-state index in [0.29, 0.717) is 11.6 Å². The number of benzene rings is 2. The highest BCUT2D eigenvalue weighted by atomic mass is 19.1. The maximum Gasteiger partial charge on any atom is 0.254 e. The van der Waals surface area contributed by atoms with Crippen molar-refractivity contribution in [2.24, 2.45) is 0 Å². The Balaban J connectivity index is 1.68. The fourth-order valence-electron chi connectivity index (χ4n) is 2.35. The fraction of sp³-hybridized carbons (Fsp3) is 0.263. The third-order valence-electron chi connectivity index (χ3n) is 3.77. The second-order valence-electron chi connectivity index (χ2n) is 5.86. The van der Waals surface area contributed by atoms with Gasteiger partial charge < -0.3 is 15.7 Å². The van der Waals surface area contributed by atoms with Gasteiger partial charge in [0, 0.05) is 25.6 Å². The first-order valence-electron chi connectivity index (χ1n) is 8.30. The highest BCUT2D eigenvalue weighted by molar-refractivity contribution is 5.94. The first-order valence-corrected chi connectivity index (χ1v) is 8.30. The molecule has 0 heterocycles. The Kier molecular flexibility index (Phi) is 7.36. The van der Waals surface area contributed by atoms with Gasteiger partial charge in [-0.05, 0) is 36.2 Å². The average Bonchev–Trinajstić information content (AvgIpc) is 2.63. The molecule has 0 aromatic heterocycles. The molecule has 0 saturated carbocycles. The first-order chi connectivity index (χ1) is 12.9. The third kappa shape index (κ3) is 6.41. The van der Waals surface area contributed by atoms with Crippen LogP contribution in [0.2, 0.25) is 0 Å². The van der Waals surface area contributed by atoms with Crippen LogP contribution in [0, 0.1) is 17.5 Å². The molecule has 1 atom stereocenters.